The van der Waals surface area contributed by atoms with E-state index in [1.54, 1.807) is 21.3 Å². The van der Waals surface area contributed by atoms with Crippen molar-refractivity contribution < 1.29 is 14.4 Å². The van der Waals surface area contributed by atoms with Gasteiger partial charge in [0.2, 0.25) is 17.7 Å². The molecule has 2 atom stereocenters. The van der Waals surface area contributed by atoms with Gasteiger partial charge < -0.3 is 20.5 Å². The number of nitrogens with one attached hydrogen (secondary N) is 4. The zero-order valence-electron chi connectivity index (χ0n) is 24.6. The summed E-state index contributed by atoms with van der Waals surface area (Å²) < 4.78 is 1.72. The molecular formula is C29H38N8O5S. The number of benzene rings is 1. The van der Waals surface area contributed by atoms with Gasteiger partial charge in [-0.1, -0.05) is 44.2 Å². The molecule has 3 aromatic rings. The van der Waals surface area contributed by atoms with Crippen molar-refractivity contribution in [3.63, 3.8) is 0 Å². The van der Waals surface area contributed by atoms with Crippen molar-refractivity contribution in [3.05, 3.63) is 68.8 Å². The van der Waals surface area contributed by atoms with E-state index in [0.717, 1.165) is 5.56 Å². The van der Waals surface area contributed by atoms with Crippen molar-refractivity contribution in [2.75, 3.05) is 25.1 Å². The molecule has 0 aliphatic carbocycles. The van der Waals surface area contributed by atoms with Crippen LogP contribution in [0, 0.1) is 5.92 Å². The first kappa shape index (κ1) is 31.7. The molecule has 1 aromatic carbocycles. The molecule has 4 rings (SSSR count). The van der Waals surface area contributed by atoms with Crippen LogP contribution in [0.4, 0.5) is 0 Å². The molecule has 230 valence electrons. The number of carbonyl (C=O) groups excluding carboxylic acids is 3. The Morgan fingerprint density at radius 3 is 2.53 bits per heavy atom. The Hall–Kier alpha value is -4.20. The maximum absolute atomic E-state index is 13.5. The molecule has 14 heteroatoms. The van der Waals surface area contributed by atoms with Gasteiger partial charge >= 0.3 is 5.69 Å². The maximum atomic E-state index is 13.5. The lowest BCUT2D eigenvalue weighted by Crippen LogP contribution is -2.49. The van der Waals surface area contributed by atoms with Gasteiger partial charge in [-0.25, -0.2) is 14.5 Å². The predicted molar refractivity (Wildman–Crippen MR) is 163 cm³/mol. The molecular weight excluding hydrogens is 572 g/mol. The Balaban J connectivity index is 1.70. The number of carbonyl (C=O) groups is 3. The van der Waals surface area contributed by atoms with Crippen LogP contribution < -0.4 is 21.9 Å². The summed E-state index contributed by atoms with van der Waals surface area (Å²) in [7, 11) is 0. The van der Waals surface area contributed by atoms with E-state index in [0.29, 0.717) is 30.2 Å². The van der Waals surface area contributed by atoms with Crippen LogP contribution in [0.1, 0.15) is 50.5 Å². The monoisotopic (exact) mass is 610 g/mol. The Kier molecular flexibility index (Phi) is 10.9. The third-order valence-electron chi connectivity index (χ3n) is 7.24. The van der Waals surface area contributed by atoms with Gasteiger partial charge in [0.15, 0.2) is 11.6 Å². The summed E-state index contributed by atoms with van der Waals surface area (Å²) in [5, 5.41) is 10.8. The van der Waals surface area contributed by atoms with Crippen LogP contribution in [0.25, 0.3) is 11.4 Å². The van der Waals surface area contributed by atoms with Crippen LogP contribution in [0.3, 0.4) is 0 Å². The summed E-state index contributed by atoms with van der Waals surface area (Å²) in [5.74, 6) is 0.760. The molecule has 4 N–H and O–H groups in total. The van der Waals surface area contributed by atoms with Crippen LogP contribution >= 0.6 is 11.8 Å². The molecule has 1 aliphatic rings. The van der Waals surface area contributed by atoms with Crippen LogP contribution in [0.5, 0.6) is 0 Å². The maximum Gasteiger partial charge on any atom is 0.325 e. The highest BCUT2D eigenvalue weighted by Crippen LogP contribution is 2.24. The van der Waals surface area contributed by atoms with E-state index in [1.165, 1.54) is 6.20 Å². The van der Waals surface area contributed by atoms with Crippen molar-refractivity contribution in [2.24, 2.45) is 5.92 Å². The predicted octanol–water partition coefficient (Wildman–Crippen LogP) is 1.24. The Labute approximate surface area is 253 Å². The van der Waals surface area contributed by atoms with Crippen LogP contribution in [0.2, 0.25) is 0 Å². The second-order valence-electron chi connectivity index (χ2n) is 10.8. The average molecular weight is 611 g/mol. The number of H-pyrrole nitrogens is 2. The van der Waals surface area contributed by atoms with E-state index < -0.39 is 23.3 Å². The van der Waals surface area contributed by atoms with Gasteiger partial charge in [-0.05, 0) is 30.8 Å². The molecule has 0 saturated carbocycles. The minimum atomic E-state index is -0.723. The summed E-state index contributed by atoms with van der Waals surface area (Å²) in [4.78, 5) is 74.5. The smallest absolute Gasteiger partial charge is 0.325 e. The molecule has 0 bridgehead atoms. The van der Waals surface area contributed by atoms with Crippen molar-refractivity contribution in [2.45, 2.75) is 58.2 Å². The topological polar surface area (TPSA) is 175 Å². The highest BCUT2D eigenvalue weighted by atomic mass is 32.2. The minimum absolute atomic E-state index is 0.0648. The normalized spacial score (nSPS) is 18.5. The highest BCUT2D eigenvalue weighted by Gasteiger charge is 2.30. The van der Waals surface area contributed by atoms with Crippen molar-refractivity contribution >= 4 is 29.5 Å². The summed E-state index contributed by atoms with van der Waals surface area (Å²) in [6, 6.07) is 8.26. The van der Waals surface area contributed by atoms with E-state index >= 15 is 0 Å². The lowest BCUT2D eigenvalue weighted by molar-refractivity contribution is -0.131. The van der Waals surface area contributed by atoms with E-state index in [1.807, 2.05) is 50.4 Å². The molecule has 3 heterocycles. The lowest BCUT2D eigenvalue weighted by Gasteiger charge is -2.28. The first-order valence-corrected chi connectivity index (χ1v) is 15.7. The summed E-state index contributed by atoms with van der Waals surface area (Å²) >= 11 is 1.59. The van der Waals surface area contributed by atoms with Gasteiger partial charge in [0.05, 0.1) is 19.0 Å². The number of aromatic nitrogens is 5. The Morgan fingerprint density at radius 2 is 1.84 bits per heavy atom. The first-order chi connectivity index (χ1) is 20.7. The van der Waals surface area contributed by atoms with Crippen molar-refractivity contribution in [1.29, 1.82) is 0 Å². The van der Waals surface area contributed by atoms with E-state index in [-0.39, 0.29) is 61.7 Å². The zero-order chi connectivity index (χ0) is 30.9. The molecule has 0 spiro atoms. The summed E-state index contributed by atoms with van der Waals surface area (Å²) in [6.07, 6.45) is 3.89. The Morgan fingerprint density at radius 1 is 1.07 bits per heavy atom. The molecule has 43 heavy (non-hydrogen) atoms. The van der Waals surface area contributed by atoms with Crippen molar-refractivity contribution in [1.82, 2.24) is 40.3 Å². The van der Waals surface area contributed by atoms with E-state index in [2.05, 4.69) is 20.6 Å². The average Bonchev–Trinajstić information content (AvgIpc) is 3.40. The molecule has 0 unspecified atom stereocenters. The van der Waals surface area contributed by atoms with Gasteiger partial charge in [-0.15, -0.1) is 0 Å². The number of aromatic amines is 2. The summed E-state index contributed by atoms with van der Waals surface area (Å²) in [6.45, 7) is 4.69. The fourth-order valence-corrected chi connectivity index (χ4v) is 5.33. The Bertz CT molecular complexity index is 1530. The van der Waals surface area contributed by atoms with E-state index in [9.17, 15) is 24.0 Å². The first-order valence-electron chi connectivity index (χ1n) is 14.3. The second-order valence-corrected chi connectivity index (χ2v) is 11.8. The number of amides is 3. The number of hydrogen-bond donors (Lipinski definition) is 4. The third kappa shape index (κ3) is 8.43. The molecule has 3 amide bonds. The molecule has 13 nitrogen and oxygen atoms in total. The number of thioether (sulfide) groups is 1. The second kappa shape index (κ2) is 14.8. The highest BCUT2D eigenvalue weighted by molar-refractivity contribution is 7.98. The quantitative estimate of drug-likeness (QED) is 0.309. The fraction of sp³-hybridized carbons (Fsp3) is 0.483. The third-order valence-corrected chi connectivity index (χ3v) is 7.89. The van der Waals surface area contributed by atoms with Gasteiger partial charge in [0.1, 0.15) is 6.04 Å². The SMILES string of the molecule is CSCC[C@@H]1NC(=O)CCCN(C(=O)Cc2c[nH]c(=O)[nH]c2=O)CCn2nc(-c3ccccc3)nc2[C@@H](C(C)C)NC1=O. The van der Waals surface area contributed by atoms with Crippen LogP contribution in [-0.4, -0.2) is 78.5 Å². The van der Waals surface area contributed by atoms with Gasteiger partial charge in [0.25, 0.3) is 5.56 Å². The molecule has 0 radical (unpaired) electrons. The summed E-state index contributed by atoms with van der Waals surface area (Å²) in [5.41, 5.74) is -0.337. The van der Waals surface area contributed by atoms with Gasteiger partial charge in [0, 0.05) is 36.8 Å². The van der Waals surface area contributed by atoms with E-state index in [4.69, 9.17) is 10.1 Å². The zero-order valence-corrected chi connectivity index (χ0v) is 25.4. The molecule has 0 fully saturated rings. The lowest BCUT2D eigenvalue weighted by atomic mass is 10.0. The molecule has 0 saturated heterocycles. The minimum Gasteiger partial charge on any atom is -0.344 e. The number of nitrogens with zero attached hydrogens (tertiary/aromatic N) is 4. The van der Waals surface area contributed by atoms with Crippen LogP contribution in [-0.2, 0) is 27.3 Å². The van der Waals surface area contributed by atoms with Gasteiger partial charge in [-0.2, -0.15) is 16.9 Å². The standard InChI is InChI=1S/C29H38N8O5S/c1-18(2)24-26-33-25(19-8-5-4-6-9-19)35-37(26)14-13-36(23(39)16-20-17-30-29(42)34-27(20)40)12-7-10-22(38)31-21(11-15-43-3)28(41)32-24/h4-6,8-9,17-18,21,24H,7,10-16H2,1-3H3,(H,31,38)(H,32,41)(H2,30,34,40,42)/t21-,24+/m0/s1. The largest absolute Gasteiger partial charge is 0.344 e. The number of rotatable bonds is 7. The molecule has 1 aliphatic heterocycles. The van der Waals surface area contributed by atoms with Gasteiger partial charge in [-0.3, -0.25) is 24.2 Å². The fourth-order valence-electron chi connectivity index (χ4n) is 4.86. The number of hydrogen-bond acceptors (Lipinski definition) is 8. The molecule has 2 aromatic heterocycles. The van der Waals surface area contributed by atoms with Crippen molar-refractivity contribution in [3.8, 4) is 11.4 Å². The number of fused-ring (bicyclic) bond motifs is 1. The van der Waals surface area contributed by atoms with Crippen LogP contribution in [0.15, 0.2) is 46.1 Å².